The minimum absolute atomic E-state index is 0.0480. The van der Waals surface area contributed by atoms with Gasteiger partial charge >= 0.3 is 5.97 Å². The van der Waals surface area contributed by atoms with Gasteiger partial charge in [0.15, 0.2) is 0 Å². The Balaban J connectivity index is 1.89. The van der Waals surface area contributed by atoms with Gasteiger partial charge in [-0.2, -0.15) is 0 Å². The number of nitrogens with zero attached hydrogens (tertiary/aromatic N) is 3. The number of anilines is 1. The van der Waals surface area contributed by atoms with Crippen molar-refractivity contribution in [2.45, 2.75) is 26.8 Å². The number of imidazole rings is 1. The van der Waals surface area contributed by atoms with E-state index < -0.39 is 5.97 Å². The van der Waals surface area contributed by atoms with Gasteiger partial charge in [-0.25, -0.2) is 4.98 Å². The number of piperidine rings is 1. The number of carbonyl (C=O) groups is 1. The molecule has 3 rings (SSSR count). The first kappa shape index (κ1) is 13.9. The normalized spacial score (nSPS) is 22.7. The summed E-state index contributed by atoms with van der Waals surface area (Å²) in [5.74, 6) is 0.556. The van der Waals surface area contributed by atoms with Crippen LogP contribution in [0.15, 0.2) is 24.5 Å². The Labute approximate surface area is 124 Å². The molecule has 5 heteroatoms. The largest absolute Gasteiger partial charge is 0.480 e. The zero-order chi connectivity index (χ0) is 15.0. The minimum Gasteiger partial charge on any atom is -0.480 e. The molecule has 1 aliphatic rings. The molecule has 0 radical (unpaired) electrons. The van der Waals surface area contributed by atoms with Crippen LogP contribution in [0.1, 0.15) is 20.3 Å². The van der Waals surface area contributed by atoms with Crippen LogP contribution in [0.5, 0.6) is 0 Å². The quantitative estimate of drug-likeness (QED) is 0.942. The summed E-state index contributed by atoms with van der Waals surface area (Å²) >= 11 is 0. The Morgan fingerprint density at radius 1 is 1.33 bits per heavy atom. The minimum atomic E-state index is -0.850. The van der Waals surface area contributed by atoms with E-state index in [-0.39, 0.29) is 6.54 Å². The van der Waals surface area contributed by atoms with Gasteiger partial charge in [0.05, 0.1) is 17.4 Å². The smallest absolute Gasteiger partial charge is 0.323 e. The molecule has 1 saturated heterocycles. The van der Waals surface area contributed by atoms with Crippen LogP contribution in [-0.4, -0.2) is 33.7 Å². The average molecular weight is 287 g/mol. The third kappa shape index (κ3) is 2.86. The molecule has 0 amide bonds. The third-order valence-electron chi connectivity index (χ3n) is 4.14. The second-order valence-corrected chi connectivity index (χ2v) is 6.29. The molecule has 112 valence electrons. The van der Waals surface area contributed by atoms with E-state index in [1.165, 1.54) is 12.1 Å². The SMILES string of the molecule is CC1CC(C)CN(c2ccc3c(c2)ncn3CC(=O)O)C1. The summed E-state index contributed by atoms with van der Waals surface area (Å²) in [4.78, 5) is 17.6. The fourth-order valence-electron chi connectivity index (χ4n) is 3.39. The summed E-state index contributed by atoms with van der Waals surface area (Å²) in [6.07, 6.45) is 2.88. The molecule has 21 heavy (non-hydrogen) atoms. The van der Waals surface area contributed by atoms with E-state index in [0.29, 0.717) is 11.8 Å². The van der Waals surface area contributed by atoms with Crippen LogP contribution in [0.2, 0.25) is 0 Å². The second kappa shape index (κ2) is 5.39. The van der Waals surface area contributed by atoms with Crippen molar-refractivity contribution in [3.8, 4) is 0 Å². The highest BCUT2D eigenvalue weighted by atomic mass is 16.4. The van der Waals surface area contributed by atoms with Gasteiger partial charge in [0.2, 0.25) is 0 Å². The molecule has 2 atom stereocenters. The molecule has 2 unspecified atom stereocenters. The van der Waals surface area contributed by atoms with Gasteiger partial charge in [0, 0.05) is 18.8 Å². The molecule has 1 aliphatic heterocycles. The lowest BCUT2D eigenvalue weighted by Crippen LogP contribution is -2.38. The van der Waals surface area contributed by atoms with E-state index in [0.717, 1.165) is 24.1 Å². The van der Waals surface area contributed by atoms with Crippen LogP contribution in [0.4, 0.5) is 5.69 Å². The fourth-order valence-corrected chi connectivity index (χ4v) is 3.39. The molecule has 1 fully saturated rings. The van der Waals surface area contributed by atoms with Crippen molar-refractivity contribution in [3.05, 3.63) is 24.5 Å². The van der Waals surface area contributed by atoms with Crippen LogP contribution >= 0.6 is 0 Å². The van der Waals surface area contributed by atoms with Gasteiger partial charge < -0.3 is 14.6 Å². The average Bonchev–Trinajstić information content (AvgIpc) is 2.79. The van der Waals surface area contributed by atoms with Crippen molar-refractivity contribution in [1.82, 2.24) is 9.55 Å². The number of carboxylic acid groups (broad SMARTS) is 1. The Bertz CT molecular complexity index is 655. The first-order valence-corrected chi connectivity index (χ1v) is 7.44. The number of carboxylic acids is 1. The monoisotopic (exact) mass is 287 g/mol. The highest BCUT2D eigenvalue weighted by Crippen LogP contribution is 2.28. The molecule has 5 nitrogen and oxygen atoms in total. The Kier molecular flexibility index (Phi) is 3.57. The molecule has 0 spiro atoms. The van der Waals surface area contributed by atoms with Crippen molar-refractivity contribution < 1.29 is 9.90 Å². The standard InChI is InChI=1S/C16H21N3O2/c1-11-5-12(2)8-18(7-11)13-3-4-15-14(6-13)17-10-19(15)9-16(20)21/h3-4,6,10-12H,5,7-9H2,1-2H3,(H,20,21). The lowest BCUT2D eigenvalue weighted by Gasteiger charge is -2.36. The Morgan fingerprint density at radius 2 is 2.05 bits per heavy atom. The van der Waals surface area contributed by atoms with Crippen molar-refractivity contribution in [2.24, 2.45) is 11.8 Å². The fraction of sp³-hybridized carbons (Fsp3) is 0.500. The maximum atomic E-state index is 10.8. The summed E-state index contributed by atoms with van der Waals surface area (Å²) < 4.78 is 1.67. The van der Waals surface area contributed by atoms with Gasteiger partial charge in [0.25, 0.3) is 0 Å². The van der Waals surface area contributed by atoms with E-state index >= 15 is 0 Å². The molecule has 0 aliphatic carbocycles. The second-order valence-electron chi connectivity index (χ2n) is 6.29. The first-order valence-electron chi connectivity index (χ1n) is 7.44. The topological polar surface area (TPSA) is 58.4 Å². The lowest BCUT2D eigenvalue weighted by molar-refractivity contribution is -0.137. The summed E-state index contributed by atoms with van der Waals surface area (Å²) in [6.45, 7) is 6.69. The van der Waals surface area contributed by atoms with Crippen molar-refractivity contribution >= 4 is 22.7 Å². The number of fused-ring (bicyclic) bond motifs is 1. The molecule has 2 heterocycles. The van der Waals surface area contributed by atoms with Gasteiger partial charge in [-0.15, -0.1) is 0 Å². The Morgan fingerprint density at radius 3 is 2.71 bits per heavy atom. The molecule has 2 aromatic rings. The van der Waals surface area contributed by atoms with Crippen LogP contribution in [0.25, 0.3) is 11.0 Å². The summed E-state index contributed by atoms with van der Waals surface area (Å²) in [5.41, 5.74) is 2.92. The first-order chi connectivity index (χ1) is 10.0. The van der Waals surface area contributed by atoms with Crippen molar-refractivity contribution in [2.75, 3.05) is 18.0 Å². The van der Waals surface area contributed by atoms with E-state index in [1.54, 1.807) is 10.9 Å². The zero-order valence-corrected chi connectivity index (χ0v) is 12.5. The number of aliphatic carboxylic acids is 1. The van der Waals surface area contributed by atoms with Crippen LogP contribution in [0.3, 0.4) is 0 Å². The van der Waals surface area contributed by atoms with Crippen molar-refractivity contribution in [3.63, 3.8) is 0 Å². The van der Waals surface area contributed by atoms with Gasteiger partial charge in [-0.3, -0.25) is 4.79 Å². The van der Waals surface area contributed by atoms with Gasteiger partial charge in [-0.1, -0.05) is 13.8 Å². The molecule has 1 aromatic carbocycles. The lowest BCUT2D eigenvalue weighted by atomic mass is 9.91. The summed E-state index contributed by atoms with van der Waals surface area (Å²) in [6, 6.07) is 6.12. The molecule has 1 aromatic heterocycles. The molecular weight excluding hydrogens is 266 g/mol. The van der Waals surface area contributed by atoms with Crippen molar-refractivity contribution in [1.29, 1.82) is 0 Å². The summed E-state index contributed by atoms with van der Waals surface area (Å²) in [5, 5.41) is 8.90. The molecular formula is C16H21N3O2. The molecule has 0 saturated carbocycles. The highest BCUT2D eigenvalue weighted by molar-refractivity contribution is 5.81. The number of benzene rings is 1. The molecule has 1 N–H and O–H groups in total. The van der Waals surface area contributed by atoms with E-state index in [4.69, 9.17) is 5.11 Å². The molecule has 0 bridgehead atoms. The number of aromatic nitrogens is 2. The van der Waals surface area contributed by atoms with Crippen LogP contribution in [-0.2, 0) is 11.3 Å². The maximum absolute atomic E-state index is 10.8. The zero-order valence-electron chi connectivity index (χ0n) is 12.5. The predicted molar refractivity (Wildman–Crippen MR) is 82.5 cm³/mol. The van der Waals surface area contributed by atoms with E-state index in [1.807, 2.05) is 6.07 Å². The Hall–Kier alpha value is -2.04. The third-order valence-corrected chi connectivity index (χ3v) is 4.14. The number of rotatable bonds is 3. The predicted octanol–water partition coefficient (Wildman–Crippen LogP) is 2.60. The van der Waals surface area contributed by atoms with Gasteiger partial charge in [-0.05, 0) is 36.5 Å². The number of hydrogen-bond donors (Lipinski definition) is 1. The van der Waals surface area contributed by atoms with Crippen LogP contribution in [0, 0.1) is 11.8 Å². The van der Waals surface area contributed by atoms with E-state index in [2.05, 4.69) is 35.9 Å². The number of hydrogen-bond acceptors (Lipinski definition) is 3. The van der Waals surface area contributed by atoms with Crippen LogP contribution < -0.4 is 4.90 Å². The highest BCUT2D eigenvalue weighted by Gasteiger charge is 2.22. The summed E-state index contributed by atoms with van der Waals surface area (Å²) in [7, 11) is 0. The van der Waals surface area contributed by atoms with E-state index in [9.17, 15) is 4.79 Å². The van der Waals surface area contributed by atoms with Gasteiger partial charge in [0.1, 0.15) is 6.54 Å². The maximum Gasteiger partial charge on any atom is 0.323 e.